The Kier molecular flexibility index (Phi) is 6.02. The number of anilines is 1. The molecular weight excluding hydrogens is 443 g/mol. The number of nitrogens with zero attached hydrogens (tertiary/aromatic N) is 1. The summed E-state index contributed by atoms with van der Waals surface area (Å²) < 4.78 is 46.3. The summed E-state index contributed by atoms with van der Waals surface area (Å²) in [4.78, 5) is 13.0. The summed E-state index contributed by atoms with van der Waals surface area (Å²) in [7, 11) is 0. The third-order valence-electron chi connectivity index (χ3n) is 5.41. The van der Waals surface area contributed by atoms with Gasteiger partial charge in [-0.2, -0.15) is 13.2 Å². The van der Waals surface area contributed by atoms with E-state index in [1.54, 1.807) is 48.5 Å². The molecule has 3 aromatic carbocycles. The van der Waals surface area contributed by atoms with Crippen LogP contribution in [0, 0.1) is 5.92 Å². The standard InChI is InChI=1S/C24H19ClF3NO3/c25-20-7-3-1-5-15(20)14-32-22-10-9-17(24(26,27)28)11-19(22)18-6-2-4-8-21(18)29-12-16(13-29)23(30)31/h1-11,16H,12-14H2,(H,30,31). The highest BCUT2D eigenvalue weighted by Gasteiger charge is 2.35. The van der Waals surface area contributed by atoms with Crippen LogP contribution in [0.2, 0.25) is 5.02 Å². The third-order valence-corrected chi connectivity index (χ3v) is 5.78. The Hall–Kier alpha value is -3.19. The van der Waals surface area contributed by atoms with Crippen molar-refractivity contribution in [2.45, 2.75) is 12.8 Å². The molecule has 0 amide bonds. The van der Waals surface area contributed by atoms with Gasteiger partial charge in [0, 0.05) is 40.5 Å². The molecule has 0 aliphatic carbocycles. The van der Waals surface area contributed by atoms with Crippen molar-refractivity contribution in [2.24, 2.45) is 5.92 Å². The van der Waals surface area contributed by atoms with Crippen LogP contribution in [0.1, 0.15) is 11.1 Å². The molecule has 1 fully saturated rings. The number of carbonyl (C=O) groups is 1. The highest BCUT2D eigenvalue weighted by Crippen LogP contribution is 2.42. The van der Waals surface area contributed by atoms with Crippen molar-refractivity contribution in [1.29, 1.82) is 0 Å². The number of hydrogen-bond acceptors (Lipinski definition) is 3. The van der Waals surface area contributed by atoms with E-state index < -0.39 is 23.6 Å². The second kappa shape index (κ2) is 8.74. The first-order valence-corrected chi connectivity index (χ1v) is 10.3. The summed E-state index contributed by atoms with van der Waals surface area (Å²) in [6.07, 6.45) is -4.52. The predicted octanol–water partition coefficient (Wildman–Crippen LogP) is 6.13. The number of alkyl halides is 3. The molecule has 166 valence electrons. The number of aliphatic carboxylic acids is 1. The van der Waals surface area contributed by atoms with Crippen molar-refractivity contribution in [3.8, 4) is 16.9 Å². The van der Waals surface area contributed by atoms with Gasteiger partial charge in [0.15, 0.2) is 0 Å². The lowest BCUT2D eigenvalue weighted by Crippen LogP contribution is -2.50. The maximum absolute atomic E-state index is 13.5. The van der Waals surface area contributed by atoms with Gasteiger partial charge in [-0.05, 0) is 30.3 Å². The monoisotopic (exact) mass is 461 g/mol. The maximum atomic E-state index is 13.5. The minimum atomic E-state index is -4.52. The fraction of sp³-hybridized carbons (Fsp3) is 0.208. The van der Waals surface area contributed by atoms with Gasteiger partial charge in [0.1, 0.15) is 12.4 Å². The van der Waals surface area contributed by atoms with E-state index in [2.05, 4.69) is 0 Å². The first kappa shape index (κ1) is 22.0. The molecule has 4 nitrogen and oxygen atoms in total. The van der Waals surface area contributed by atoms with E-state index in [0.717, 1.165) is 12.1 Å². The number of para-hydroxylation sites is 1. The van der Waals surface area contributed by atoms with Gasteiger partial charge < -0.3 is 14.7 Å². The normalized spacial score (nSPS) is 14.2. The van der Waals surface area contributed by atoms with Crippen molar-refractivity contribution in [3.05, 3.63) is 82.9 Å². The first-order chi connectivity index (χ1) is 15.2. The maximum Gasteiger partial charge on any atom is 0.416 e. The van der Waals surface area contributed by atoms with Crippen molar-refractivity contribution in [2.75, 3.05) is 18.0 Å². The molecule has 4 rings (SSSR count). The van der Waals surface area contributed by atoms with Crippen LogP contribution in [0.25, 0.3) is 11.1 Å². The Bertz CT molecular complexity index is 1140. The largest absolute Gasteiger partial charge is 0.488 e. The number of rotatable bonds is 6. The zero-order valence-electron chi connectivity index (χ0n) is 16.8. The van der Waals surface area contributed by atoms with Crippen molar-refractivity contribution < 1.29 is 27.8 Å². The Labute approximate surface area is 187 Å². The summed E-state index contributed by atoms with van der Waals surface area (Å²) in [5.41, 5.74) is 1.39. The van der Waals surface area contributed by atoms with Gasteiger partial charge in [0.2, 0.25) is 0 Å². The van der Waals surface area contributed by atoms with E-state index in [4.69, 9.17) is 16.3 Å². The molecule has 0 aromatic heterocycles. The molecule has 1 N–H and O–H groups in total. The Morgan fingerprint density at radius 2 is 1.72 bits per heavy atom. The summed E-state index contributed by atoms with van der Waals surface area (Å²) >= 11 is 6.18. The van der Waals surface area contributed by atoms with E-state index >= 15 is 0 Å². The molecule has 0 bridgehead atoms. The zero-order chi connectivity index (χ0) is 22.9. The van der Waals surface area contributed by atoms with E-state index in [1.807, 2.05) is 4.90 Å². The van der Waals surface area contributed by atoms with E-state index in [0.29, 0.717) is 34.9 Å². The molecule has 3 aromatic rings. The number of benzene rings is 3. The Morgan fingerprint density at radius 1 is 1.03 bits per heavy atom. The smallest absolute Gasteiger partial charge is 0.416 e. The van der Waals surface area contributed by atoms with Crippen LogP contribution in [0.3, 0.4) is 0 Å². The van der Waals surface area contributed by atoms with E-state index in [-0.39, 0.29) is 17.9 Å². The van der Waals surface area contributed by atoms with Gasteiger partial charge in [0.05, 0.1) is 11.5 Å². The van der Waals surface area contributed by atoms with Gasteiger partial charge in [0.25, 0.3) is 0 Å². The molecule has 1 heterocycles. The summed E-state index contributed by atoms with van der Waals surface area (Å²) in [6, 6.07) is 17.4. The predicted molar refractivity (Wildman–Crippen MR) is 116 cm³/mol. The molecule has 8 heteroatoms. The van der Waals surface area contributed by atoms with Crippen LogP contribution >= 0.6 is 11.6 Å². The van der Waals surface area contributed by atoms with Crippen LogP contribution in [-0.2, 0) is 17.6 Å². The lowest BCUT2D eigenvalue weighted by atomic mass is 9.94. The molecule has 0 saturated carbocycles. The fourth-order valence-corrected chi connectivity index (χ4v) is 3.81. The average molecular weight is 462 g/mol. The second-order valence-electron chi connectivity index (χ2n) is 7.55. The van der Waals surface area contributed by atoms with Crippen LogP contribution < -0.4 is 9.64 Å². The number of halogens is 4. The summed E-state index contributed by atoms with van der Waals surface area (Å²) in [5, 5.41) is 9.67. The second-order valence-corrected chi connectivity index (χ2v) is 7.95. The lowest BCUT2D eigenvalue weighted by Gasteiger charge is -2.39. The van der Waals surface area contributed by atoms with Gasteiger partial charge in [-0.15, -0.1) is 0 Å². The van der Waals surface area contributed by atoms with Crippen LogP contribution in [0.15, 0.2) is 66.7 Å². The van der Waals surface area contributed by atoms with Gasteiger partial charge in [-0.3, -0.25) is 4.79 Å². The molecule has 1 aliphatic rings. The topological polar surface area (TPSA) is 49.8 Å². The number of carboxylic acid groups (broad SMARTS) is 1. The van der Waals surface area contributed by atoms with Crippen molar-refractivity contribution in [1.82, 2.24) is 0 Å². The molecule has 32 heavy (non-hydrogen) atoms. The molecule has 1 saturated heterocycles. The van der Waals surface area contributed by atoms with Gasteiger partial charge in [-0.25, -0.2) is 0 Å². The molecule has 1 aliphatic heterocycles. The number of carboxylic acids is 1. The minimum Gasteiger partial charge on any atom is -0.488 e. The van der Waals surface area contributed by atoms with Gasteiger partial charge >= 0.3 is 12.1 Å². The third kappa shape index (κ3) is 4.53. The average Bonchev–Trinajstić information content (AvgIpc) is 2.71. The Balaban J connectivity index is 1.72. The van der Waals surface area contributed by atoms with Crippen LogP contribution in [0.5, 0.6) is 5.75 Å². The van der Waals surface area contributed by atoms with Crippen LogP contribution in [0.4, 0.5) is 18.9 Å². The van der Waals surface area contributed by atoms with Crippen LogP contribution in [-0.4, -0.2) is 24.2 Å². The fourth-order valence-electron chi connectivity index (χ4n) is 3.62. The SMILES string of the molecule is O=C(O)C1CN(c2ccccc2-c2cc(C(F)(F)F)ccc2OCc2ccccc2Cl)C1. The molecular formula is C24H19ClF3NO3. The molecule has 0 atom stereocenters. The lowest BCUT2D eigenvalue weighted by molar-refractivity contribution is -0.142. The zero-order valence-corrected chi connectivity index (χ0v) is 17.5. The first-order valence-electron chi connectivity index (χ1n) is 9.88. The highest BCUT2D eigenvalue weighted by atomic mass is 35.5. The summed E-state index contributed by atoms with van der Waals surface area (Å²) in [6.45, 7) is 0.674. The van der Waals surface area contributed by atoms with Crippen molar-refractivity contribution >= 4 is 23.3 Å². The Morgan fingerprint density at radius 3 is 2.41 bits per heavy atom. The minimum absolute atomic E-state index is 0.0883. The van der Waals surface area contributed by atoms with E-state index in [1.165, 1.54) is 6.07 Å². The van der Waals surface area contributed by atoms with Crippen molar-refractivity contribution in [3.63, 3.8) is 0 Å². The number of ether oxygens (including phenoxy) is 1. The highest BCUT2D eigenvalue weighted by molar-refractivity contribution is 6.31. The van der Waals surface area contributed by atoms with E-state index in [9.17, 15) is 23.1 Å². The molecule has 0 radical (unpaired) electrons. The van der Waals surface area contributed by atoms with Gasteiger partial charge in [-0.1, -0.05) is 48.0 Å². The molecule has 0 spiro atoms. The summed E-state index contributed by atoms with van der Waals surface area (Å²) in [5.74, 6) is -1.11. The quantitative estimate of drug-likeness (QED) is 0.480. The molecule has 0 unspecified atom stereocenters. The number of hydrogen-bond donors (Lipinski definition) is 1.